The van der Waals surface area contributed by atoms with Crippen molar-refractivity contribution in [3.63, 3.8) is 0 Å². The van der Waals surface area contributed by atoms with E-state index in [4.69, 9.17) is 28.6 Å². The van der Waals surface area contributed by atoms with Crippen molar-refractivity contribution in [2.45, 2.75) is 43.8 Å². The van der Waals surface area contributed by atoms with E-state index in [-0.39, 0.29) is 4.90 Å². The van der Waals surface area contributed by atoms with E-state index in [1.54, 1.807) is 24.5 Å². The molecule has 1 N–H and O–H groups in total. The number of sulfonamides is 1. The lowest BCUT2D eigenvalue weighted by atomic mass is 10.1. The van der Waals surface area contributed by atoms with Gasteiger partial charge in [0.05, 0.1) is 28.6 Å². The number of rotatable bonds is 11. The lowest BCUT2D eigenvalue weighted by molar-refractivity contribution is 0.0600. The number of nitrogens with one attached hydrogen (secondary N) is 1. The van der Waals surface area contributed by atoms with E-state index in [0.29, 0.717) is 35.1 Å². The highest BCUT2D eigenvalue weighted by Gasteiger charge is 2.26. The number of benzene rings is 2. The lowest BCUT2D eigenvalue weighted by Crippen LogP contribution is -2.47. The van der Waals surface area contributed by atoms with Crippen molar-refractivity contribution >= 4 is 44.8 Å². The van der Waals surface area contributed by atoms with E-state index in [0.717, 1.165) is 17.5 Å². The van der Waals surface area contributed by atoms with Gasteiger partial charge in [-0.1, -0.05) is 55.4 Å². The highest BCUT2D eigenvalue weighted by atomic mass is 35.5. The molecule has 0 aliphatic heterocycles. The molecule has 0 aliphatic carbocycles. The second-order valence-corrected chi connectivity index (χ2v) is 10.7. The second-order valence-electron chi connectivity index (χ2n) is 8.16. The van der Waals surface area contributed by atoms with E-state index in [1.807, 2.05) is 36.1 Å². The van der Waals surface area contributed by atoms with Crippen LogP contribution in [0.4, 0.5) is 0 Å². The van der Waals surface area contributed by atoms with Crippen molar-refractivity contribution in [3.8, 4) is 0 Å². The molecular weight excluding hydrogens is 518 g/mol. The van der Waals surface area contributed by atoms with Crippen LogP contribution >= 0.6 is 23.8 Å². The zero-order valence-corrected chi connectivity index (χ0v) is 22.4. The summed E-state index contributed by atoms with van der Waals surface area (Å²) in [5.74, 6) is -0.413. The first kappa shape index (κ1) is 27.7. The Labute approximate surface area is 222 Å². The Kier molecular flexibility index (Phi) is 9.95. The quantitative estimate of drug-likeness (QED) is 0.268. The van der Waals surface area contributed by atoms with Crippen molar-refractivity contribution in [1.82, 2.24) is 14.6 Å². The summed E-state index contributed by atoms with van der Waals surface area (Å²) < 4.78 is 33.8. The average Bonchev–Trinajstić information content (AvgIpc) is 2.88. The minimum Gasteiger partial charge on any atom is -0.465 e. The van der Waals surface area contributed by atoms with Crippen molar-refractivity contribution in [2.75, 3.05) is 7.11 Å². The molecule has 0 saturated carbocycles. The minimum absolute atomic E-state index is 0.119. The van der Waals surface area contributed by atoms with Gasteiger partial charge < -0.3 is 9.64 Å². The first-order chi connectivity index (χ1) is 17.2. The van der Waals surface area contributed by atoms with Crippen LogP contribution < -0.4 is 4.72 Å². The van der Waals surface area contributed by atoms with Gasteiger partial charge in [-0.3, -0.25) is 4.98 Å². The number of hydrogen-bond donors (Lipinski definition) is 1. The molecule has 0 saturated heterocycles. The SMILES string of the molecule is CCC[C@H](NS(=O)(=O)c1ccc(Cl)cc1)C(=S)N(Cc1ccc(C(=O)OC)cc1)Cc1cccnc1. The number of carbonyl (C=O) groups is 1. The molecule has 0 bridgehead atoms. The van der Waals surface area contributed by atoms with Crippen molar-refractivity contribution in [3.05, 3.63) is 94.8 Å². The molecule has 0 radical (unpaired) electrons. The highest BCUT2D eigenvalue weighted by Crippen LogP contribution is 2.19. The molecule has 0 unspecified atom stereocenters. The molecule has 0 spiro atoms. The summed E-state index contributed by atoms with van der Waals surface area (Å²) >= 11 is 11.8. The normalized spacial score (nSPS) is 12.1. The van der Waals surface area contributed by atoms with Gasteiger partial charge in [0.15, 0.2) is 0 Å². The second kappa shape index (κ2) is 12.9. The highest BCUT2D eigenvalue weighted by molar-refractivity contribution is 7.89. The maximum absolute atomic E-state index is 13.1. The zero-order chi connectivity index (χ0) is 26.1. The van der Waals surface area contributed by atoms with Crippen LogP contribution in [0.1, 0.15) is 41.3 Å². The molecule has 3 aromatic rings. The number of pyridine rings is 1. The zero-order valence-electron chi connectivity index (χ0n) is 20.1. The third-order valence-corrected chi connectivity index (χ3v) is 7.74. The van der Waals surface area contributed by atoms with Crippen LogP contribution in [0.5, 0.6) is 0 Å². The van der Waals surface area contributed by atoms with E-state index in [2.05, 4.69) is 9.71 Å². The Bertz CT molecular complexity index is 1270. The lowest BCUT2D eigenvalue weighted by Gasteiger charge is -2.31. The van der Waals surface area contributed by atoms with Crippen LogP contribution in [-0.2, 0) is 27.8 Å². The van der Waals surface area contributed by atoms with Crippen molar-refractivity contribution in [1.29, 1.82) is 0 Å². The fraction of sp³-hybridized carbons (Fsp3) is 0.269. The molecule has 10 heteroatoms. The number of esters is 1. The smallest absolute Gasteiger partial charge is 0.337 e. The van der Waals surface area contributed by atoms with E-state index < -0.39 is 22.0 Å². The molecule has 7 nitrogen and oxygen atoms in total. The predicted octanol–water partition coefficient (Wildman–Crippen LogP) is 5.00. The molecule has 190 valence electrons. The number of thiocarbonyl (C=S) groups is 1. The first-order valence-electron chi connectivity index (χ1n) is 11.4. The molecule has 2 aromatic carbocycles. The van der Waals surface area contributed by atoms with Crippen LogP contribution in [0.25, 0.3) is 0 Å². The number of aromatic nitrogens is 1. The van der Waals surface area contributed by atoms with Crippen LogP contribution in [0.3, 0.4) is 0 Å². The van der Waals surface area contributed by atoms with Gasteiger partial charge in [-0.25, -0.2) is 17.9 Å². The van der Waals surface area contributed by atoms with Gasteiger partial charge >= 0.3 is 5.97 Å². The van der Waals surface area contributed by atoms with Gasteiger partial charge in [0.1, 0.15) is 0 Å². The third kappa shape index (κ3) is 7.57. The summed E-state index contributed by atoms with van der Waals surface area (Å²) in [4.78, 5) is 18.5. The summed E-state index contributed by atoms with van der Waals surface area (Å²) in [7, 11) is -2.49. The predicted molar refractivity (Wildman–Crippen MR) is 144 cm³/mol. The first-order valence-corrected chi connectivity index (χ1v) is 13.6. The van der Waals surface area contributed by atoms with Gasteiger partial charge in [0.25, 0.3) is 0 Å². The maximum Gasteiger partial charge on any atom is 0.337 e. The van der Waals surface area contributed by atoms with Crippen LogP contribution in [0, 0.1) is 0 Å². The number of halogens is 1. The number of nitrogens with zero attached hydrogens (tertiary/aromatic N) is 2. The molecule has 0 amide bonds. The topological polar surface area (TPSA) is 88.6 Å². The standard InChI is InChI=1S/C26H28ClN3O4S2/c1-3-5-24(29-36(32,33)23-13-11-22(27)12-14-23)25(35)30(18-20-6-4-15-28-16-20)17-19-7-9-21(10-8-19)26(31)34-2/h4,6-16,24,29H,3,5,17-18H2,1-2H3/t24-/m0/s1. The summed E-state index contributed by atoms with van der Waals surface area (Å²) in [5.41, 5.74) is 2.29. The van der Waals surface area contributed by atoms with Crippen molar-refractivity contribution < 1.29 is 17.9 Å². The van der Waals surface area contributed by atoms with E-state index >= 15 is 0 Å². The third-order valence-electron chi connectivity index (χ3n) is 5.45. The molecule has 1 heterocycles. The van der Waals surface area contributed by atoms with Crippen LogP contribution in [0.2, 0.25) is 5.02 Å². The van der Waals surface area contributed by atoms with Gasteiger partial charge in [-0.05, 0) is 60.0 Å². The molecular formula is C26H28ClN3O4S2. The number of ether oxygens (including phenoxy) is 1. The van der Waals surface area contributed by atoms with Gasteiger partial charge in [-0.15, -0.1) is 0 Å². The summed E-state index contributed by atoms with van der Waals surface area (Å²) in [6.07, 6.45) is 4.69. The molecule has 3 rings (SSSR count). The fourth-order valence-corrected chi connectivity index (χ4v) is 5.36. The average molecular weight is 546 g/mol. The molecule has 1 aromatic heterocycles. The maximum atomic E-state index is 13.1. The Balaban J connectivity index is 1.88. The Morgan fingerprint density at radius 2 is 1.75 bits per heavy atom. The van der Waals surface area contributed by atoms with Gasteiger partial charge in [0, 0.05) is 30.5 Å². The van der Waals surface area contributed by atoms with Gasteiger partial charge in [0.2, 0.25) is 10.0 Å². The van der Waals surface area contributed by atoms with Gasteiger partial charge in [-0.2, -0.15) is 0 Å². The number of hydrogen-bond acceptors (Lipinski definition) is 6. The van der Waals surface area contributed by atoms with E-state index in [9.17, 15) is 13.2 Å². The van der Waals surface area contributed by atoms with E-state index in [1.165, 1.54) is 31.4 Å². The van der Waals surface area contributed by atoms with Crippen LogP contribution in [-0.4, -0.2) is 42.4 Å². The minimum atomic E-state index is -3.83. The summed E-state index contributed by atoms with van der Waals surface area (Å²) in [6, 6.07) is 16.2. The van der Waals surface area contributed by atoms with Crippen LogP contribution in [0.15, 0.2) is 78.0 Å². The van der Waals surface area contributed by atoms with Crippen molar-refractivity contribution in [2.24, 2.45) is 0 Å². The number of methoxy groups -OCH3 is 1. The number of carbonyl (C=O) groups excluding carboxylic acids is 1. The summed E-state index contributed by atoms with van der Waals surface area (Å²) in [6.45, 7) is 2.83. The Hall–Kier alpha value is -2.85. The molecule has 1 atom stereocenters. The Morgan fingerprint density at radius 3 is 2.33 bits per heavy atom. The Morgan fingerprint density at radius 1 is 1.08 bits per heavy atom. The molecule has 0 aliphatic rings. The fourth-order valence-electron chi connectivity index (χ4n) is 3.62. The summed E-state index contributed by atoms with van der Waals surface area (Å²) in [5, 5.41) is 0.454. The monoisotopic (exact) mass is 545 g/mol. The largest absolute Gasteiger partial charge is 0.465 e. The molecule has 36 heavy (non-hydrogen) atoms. The molecule has 0 fully saturated rings.